The number of hydrogen-bond acceptors (Lipinski definition) is 5. The van der Waals surface area contributed by atoms with Crippen molar-refractivity contribution in [2.45, 2.75) is 13.5 Å². The highest BCUT2D eigenvalue weighted by molar-refractivity contribution is 5.47. The van der Waals surface area contributed by atoms with E-state index in [1.165, 1.54) is 6.07 Å². The number of H-pyrrole nitrogens is 1. The molecule has 88 valence electrons. The summed E-state index contributed by atoms with van der Waals surface area (Å²) in [5.41, 5.74) is 1.12. The Hall–Kier alpha value is -2.08. The summed E-state index contributed by atoms with van der Waals surface area (Å²) in [5.74, 6) is 1.11. The number of rotatable bonds is 3. The third-order valence-corrected chi connectivity index (χ3v) is 2.17. The molecule has 0 aliphatic carbocycles. The fraction of sp³-hybridized carbons (Fsp3) is 0.273. The van der Waals surface area contributed by atoms with Crippen LogP contribution >= 0.6 is 0 Å². The molecule has 2 heterocycles. The number of nitrogens with zero attached hydrogens (tertiary/aromatic N) is 3. The van der Waals surface area contributed by atoms with Crippen LogP contribution in [0, 0.1) is 6.92 Å². The molecule has 0 atom stereocenters. The summed E-state index contributed by atoms with van der Waals surface area (Å²) in [5, 5.41) is 2.95. The van der Waals surface area contributed by atoms with E-state index in [2.05, 4.69) is 25.3 Å². The van der Waals surface area contributed by atoms with Crippen molar-refractivity contribution in [3.05, 3.63) is 40.2 Å². The van der Waals surface area contributed by atoms with E-state index >= 15 is 0 Å². The third-order valence-electron chi connectivity index (χ3n) is 2.17. The summed E-state index contributed by atoms with van der Waals surface area (Å²) in [6, 6.07) is 3.18. The normalized spacial score (nSPS) is 10.5. The van der Waals surface area contributed by atoms with Crippen LogP contribution in [0.1, 0.15) is 11.5 Å². The Morgan fingerprint density at radius 1 is 1.41 bits per heavy atom. The molecular formula is C11H13N5O. The van der Waals surface area contributed by atoms with Crippen molar-refractivity contribution in [1.82, 2.24) is 25.3 Å². The highest BCUT2D eigenvalue weighted by atomic mass is 16.1. The average Bonchev–Trinajstić information content (AvgIpc) is 2.28. The predicted octanol–water partition coefficient (Wildman–Crippen LogP) is 0.255. The topological polar surface area (TPSA) is 83.6 Å². The standard InChI is InChI=1S/C11H13N5O/c1-7-13-4-3-9(14-7)11-15-8(6-12-2)5-10(17)16-11/h3-5,12H,6H2,1-2H3,(H,15,16,17). The van der Waals surface area contributed by atoms with E-state index in [-0.39, 0.29) is 5.56 Å². The fourth-order valence-electron chi connectivity index (χ4n) is 1.49. The van der Waals surface area contributed by atoms with Gasteiger partial charge in [0.1, 0.15) is 11.5 Å². The highest BCUT2D eigenvalue weighted by Crippen LogP contribution is 2.09. The Morgan fingerprint density at radius 2 is 2.24 bits per heavy atom. The zero-order valence-electron chi connectivity index (χ0n) is 9.69. The summed E-state index contributed by atoms with van der Waals surface area (Å²) in [7, 11) is 1.80. The first-order valence-corrected chi connectivity index (χ1v) is 5.24. The largest absolute Gasteiger partial charge is 0.314 e. The van der Waals surface area contributed by atoms with Crippen molar-refractivity contribution in [2.75, 3.05) is 7.05 Å². The van der Waals surface area contributed by atoms with Crippen LogP contribution in [0.15, 0.2) is 23.1 Å². The minimum Gasteiger partial charge on any atom is -0.314 e. The molecule has 2 aromatic rings. The Labute approximate surface area is 98.2 Å². The number of aromatic amines is 1. The van der Waals surface area contributed by atoms with E-state index < -0.39 is 0 Å². The van der Waals surface area contributed by atoms with E-state index in [4.69, 9.17) is 0 Å². The van der Waals surface area contributed by atoms with Crippen LogP contribution in [-0.2, 0) is 6.54 Å². The molecule has 2 aromatic heterocycles. The predicted molar refractivity (Wildman–Crippen MR) is 63.4 cm³/mol. The van der Waals surface area contributed by atoms with Crippen LogP contribution in [0.4, 0.5) is 0 Å². The van der Waals surface area contributed by atoms with Gasteiger partial charge in [0.05, 0.1) is 5.69 Å². The molecule has 0 radical (unpaired) electrons. The van der Waals surface area contributed by atoms with Gasteiger partial charge in [-0.1, -0.05) is 0 Å². The minimum atomic E-state index is -0.184. The molecule has 6 nitrogen and oxygen atoms in total. The van der Waals surface area contributed by atoms with Gasteiger partial charge in [-0.15, -0.1) is 0 Å². The first kappa shape index (κ1) is 11.4. The number of aromatic nitrogens is 4. The van der Waals surface area contributed by atoms with Crippen LogP contribution in [0.2, 0.25) is 0 Å². The molecule has 0 aromatic carbocycles. The van der Waals surface area contributed by atoms with Gasteiger partial charge in [-0.25, -0.2) is 15.0 Å². The van der Waals surface area contributed by atoms with Crippen molar-refractivity contribution in [1.29, 1.82) is 0 Å². The first-order chi connectivity index (χ1) is 8.19. The van der Waals surface area contributed by atoms with Gasteiger partial charge in [0.2, 0.25) is 0 Å². The van der Waals surface area contributed by atoms with E-state index in [0.717, 1.165) is 0 Å². The van der Waals surface area contributed by atoms with Crippen molar-refractivity contribution >= 4 is 0 Å². The SMILES string of the molecule is CNCc1cc(=O)[nH]c(-c2ccnc(C)n2)n1. The molecule has 0 amide bonds. The molecule has 0 aliphatic rings. The van der Waals surface area contributed by atoms with E-state index in [9.17, 15) is 4.79 Å². The second-order valence-electron chi connectivity index (χ2n) is 3.60. The van der Waals surface area contributed by atoms with Crippen LogP contribution in [0.5, 0.6) is 0 Å². The van der Waals surface area contributed by atoms with Crippen molar-refractivity contribution in [3.8, 4) is 11.5 Å². The Bertz CT molecular complexity index is 578. The second-order valence-corrected chi connectivity index (χ2v) is 3.60. The first-order valence-electron chi connectivity index (χ1n) is 5.24. The van der Waals surface area contributed by atoms with Crippen LogP contribution < -0.4 is 10.9 Å². The molecule has 6 heteroatoms. The maximum Gasteiger partial charge on any atom is 0.251 e. The number of aryl methyl sites for hydroxylation is 1. The third kappa shape index (κ3) is 2.73. The maximum absolute atomic E-state index is 11.5. The molecule has 0 spiro atoms. The Kier molecular flexibility index (Phi) is 3.24. The van der Waals surface area contributed by atoms with Gasteiger partial charge in [0.15, 0.2) is 5.82 Å². The van der Waals surface area contributed by atoms with Crippen molar-refractivity contribution in [2.24, 2.45) is 0 Å². The molecule has 2 rings (SSSR count). The zero-order valence-corrected chi connectivity index (χ0v) is 9.69. The van der Waals surface area contributed by atoms with Gasteiger partial charge >= 0.3 is 0 Å². The fourth-order valence-corrected chi connectivity index (χ4v) is 1.49. The van der Waals surface area contributed by atoms with Crippen molar-refractivity contribution in [3.63, 3.8) is 0 Å². The van der Waals surface area contributed by atoms with E-state index in [1.54, 1.807) is 26.2 Å². The average molecular weight is 231 g/mol. The van der Waals surface area contributed by atoms with E-state index in [0.29, 0.717) is 29.6 Å². The lowest BCUT2D eigenvalue weighted by atomic mass is 10.3. The quantitative estimate of drug-likeness (QED) is 0.791. The minimum absolute atomic E-state index is 0.184. The molecule has 0 unspecified atom stereocenters. The summed E-state index contributed by atoms with van der Waals surface area (Å²) in [6.07, 6.45) is 1.64. The summed E-state index contributed by atoms with van der Waals surface area (Å²) in [6.45, 7) is 2.33. The van der Waals surface area contributed by atoms with Gasteiger partial charge in [0.25, 0.3) is 5.56 Å². The Morgan fingerprint density at radius 3 is 2.94 bits per heavy atom. The summed E-state index contributed by atoms with van der Waals surface area (Å²) < 4.78 is 0. The van der Waals surface area contributed by atoms with Gasteiger partial charge in [-0.2, -0.15) is 0 Å². The van der Waals surface area contributed by atoms with Gasteiger partial charge in [0, 0.05) is 18.8 Å². The maximum atomic E-state index is 11.5. The molecule has 17 heavy (non-hydrogen) atoms. The molecule has 2 N–H and O–H groups in total. The number of nitrogens with one attached hydrogen (secondary N) is 2. The van der Waals surface area contributed by atoms with E-state index in [1.807, 2.05) is 0 Å². The molecule has 0 bridgehead atoms. The molecule has 0 saturated heterocycles. The van der Waals surface area contributed by atoms with Crippen LogP contribution in [-0.4, -0.2) is 27.0 Å². The smallest absolute Gasteiger partial charge is 0.251 e. The second kappa shape index (κ2) is 4.84. The molecule has 0 saturated carbocycles. The monoisotopic (exact) mass is 231 g/mol. The van der Waals surface area contributed by atoms with Crippen LogP contribution in [0.3, 0.4) is 0 Å². The van der Waals surface area contributed by atoms with Gasteiger partial charge < -0.3 is 10.3 Å². The lowest BCUT2D eigenvalue weighted by molar-refractivity contribution is 0.784. The molecule has 0 fully saturated rings. The lowest BCUT2D eigenvalue weighted by Crippen LogP contribution is -2.15. The molecule has 0 aliphatic heterocycles. The van der Waals surface area contributed by atoms with Crippen LogP contribution in [0.25, 0.3) is 11.5 Å². The highest BCUT2D eigenvalue weighted by Gasteiger charge is 2.05. The number of hydrogen-bond donors (Lipinski definition) is 2. The molecular weight excluding hydrogens is 218 g/mol. The van der Waals surface area contributed by atoms with Gasteiger partial charge in [-0.05, 0) is 20.0 Å². The summed E-state index contributed by atoms with van der Waals surface area (Å²) >= 11 is 0. The van der Waals surface area contributed by atoms with Crippen molar-refractivity contribution < 1.29 is 0 Å². The zero-order chi connectivity index (χ0) is 12.3. The Balaban J connectivity index is 2.48. The summed E-state index contributed by atoms with van der Waals surface area (Å²) in [4.78, 5) is 26.7. The lowest BCUT2D eigenvalue weighted by Gasteiger charge is -2.03. The van der Waals surface area contributed by atoms with Gasteiger partial charge in [-0.3, -0.25) is 4.79 Å².